The third-order valence-electron chi connectivity index (χ3n) is 3.00. The summed E-state index contributed by atoms with van der Waals surface area (Å²) < 4.78 is 13.5. The van der Waals surface area contributed by atoms with Gasteiger partial charge in [0.2, 0.25) is 0 Å². The molecule has 0 fully saturated rings. The summed E-state index contributed by atoms with van der Waals surface area (Å²) in [5, 5.41) is 0. The molecule has 2 nitrogen and oxygen atoms in total. The molecular formula is C14H23FN2. The summed E-state index contributed by atoms with van der Waals surface area (Å²) in [6.07, 6.45) is 0. The molecule has 0 aliphatic heterocycles. The van der Waals surface area contributed by atoms with Crippen LogP contribution in [-0.4, -0.2) is 24.5 Å². The second kappa shape index (κ2) is 6.12. The van der Waals surface area contributed by atoms with E-state index in [1.165, 1.54) is 6.07 Å². The Kier molecular flexibility index (Phi) is 5.09. The lowest BCUT2D eigenvalue weighted by molar-refractivity contribution is 0.182. The highest BCUT2D eigenvalue weighted by molar-refractivity contribution is 5.17. The fraction of sp³-hybridized carbons (Fsp3) is 0.571. The lowest BCUT2D eigenvalue weighted by atomic mass is 9.93. The molecule has 0 saturated carbocycles. The summed E-state index contributed by atoms with van der Waals surface area (Å²) in [5.74, 6) is -0.128. The van der Waals surface area contributed by atoms with Gasteiger partial charge in [-0.3, -0.25) is 4.90 Å². The van der Waals surface area contributed by atoms with Gasteiger partial charge in [0.25, 0.3) is 0 Å². The first-order chi connectivity index (χ1) is 7.98. The molecule has 0 aliphatic rings. The van der Waals surface area contributed by atoms with E-state index < -0.39 is 0 Å². The van der Waals surface area contributed by atoms with E-state index in [2.05, 4.69) is 25.7 Å². The molecule has 1 aromatic rings. The number of halogens is 1. The van der Waals surface area contributed by atoms with E-state index in [0.717, 1.165) is 18.7 Å². The van der Waals surface area contributed by atoms with Gasteiger partial charge in [-0.05, 0) is 24.6 Å². The molecule has 0 spiro atoms. The van der Waals surface area contributed by atoms with E-state index in [9.17, 15) is 4.39 Å². The van der Waals surface area contributed by atoms with Gasteiger partial charge in [0.1, 0.15) is 5.82 Å². The Labute approximate surface area is 104 Å². The highest BCUT2D eigenvalue weighted by Gasteiger charge is 2.19. The number of hydrogen-bond donors (Lipinski definition) is 1. The molecule has 0 saturated heterocycles. The zero-order valence-corrected chi connectivity index (χ0v) is 11.0. The molecule has 0 radical (unpaired) electrons. The van der Waals surface area contributed by atoms with Gasteiger partial charge in [-0.2, -0.15) is 0 Å². The van der Waals surface area contributed by atoms with E-state index in [4.69, 9.17) is 5.73 Å². The molecule has 0 bridgehead atoms. The standard InChI is InChI=1S/C14H23FN2/c1-4-17(11-14(2,3)10-16)9-12-7-5-6-8-13(12)15/h5-8H,4,9-11,16H2,1-3H3. The first kappa shape index (κ1) is 14.1. The maximum absolute atomic E-state index is 13.5. The van der Waals surface area contributed by atoms with Crippen LogP contribution in [0, 0.1) is 11.2 Å². The molecule has 0 amide bonds. The van der Waals surface area contributed by atoms with E-state index in [-0.39, 0.29) is 11.2 Å². The highest BCUT2D eigenvalue weighted by atomic mass is 19.1. The summed E-state index contributed by atoms with van der Waals surface area (Å²) in [6, 6.07) is 6.95. The minimum Gasteiger partial charge on any atom is -0.330 e. The molecule has 2 N–H and O–H groups in total. The molecule has 17 heavy (non-hydrogen) atoms. The molecule has 0 heterocycles. The molecule has 96 valence electrons. The van der Waals surface area contributed by atoms with Crippen LogP contribution < -0.4 is 5.73 Å². The first-order valence-electron chi connectivity index (χ1n) is 6.14. The van der Waals surface area contributed by atoms with Crippen LogP contribution in [0.1, 0.15) is 26.3 Å². The largest absolute Gasteiger partial charge is 0.330 e. The summed E-state index contributed by atoms with van der Waals surface area (Å²) >= 11 is 0. The van der Waals surface area contributed by atoms with Crippen molar-refractivity contribution in [2.24, 2.45) is 11.1 Å². The fourth-order valence-corrected chi connectivity index (χ4v) is 1.82. The summed E-state index contributed by atoms with van der Waals surface area (Å²) in [4.78, 5) is 2.23. The minimum atomic E-state index is -0.128. The molecule has 1 rings (SSSR count). The number of nitrogens with zero attached hydrogens (tertiary/aromatic N) is 1. The average Bonchev–Trinajstić information content (AvgIpc) is 2.31. The van der Waals surface area contributed by atoms with Gasteiger partial charge in [-0.15, -0.1) is 0 Å². The van der Waals surface area contributed by atoms with E-state index in [1.807, 2.05) is 12.1 Å². The van der Waals surface area contributed by atoms with Crippen molar-refractivity contribution in [3.05, 3.63) is 35.6 Å². The minimum absolute atomic E-state index is 0.0707. The third kappa shape index (κ3) is 4.44. The average molecular weight is 238 g/mol. The van der Waals surface area contributed by atoms with Gasteiger partial charge in [0.15, 0.2) is 0 Å². The number of hydrogen-bond acceptors (Lipinski definition) is 2. The topological polar surface area (TPSA) is 29.3 Å². The SMILES string of the molecule is CCN(Cc1ccccc1F)CC(C)(C)CN. The molecule has 0 atom stereocenters. The predicted octanol–water partition coefficient (Wildman–Crippen LogP) is 2.63. The zero-order valence-electron chi connectivity index (χ0n) is 11.0. The summed E-state index contributed by atoms with van der Waals surface area (Å²) in [5.41, 5.74) is 6.55. The Balaban J connectivity index is 2.68. The molecule has 0 aliphatic carbocycles. The summed E-state index contributed by atoms with van der Waals surface area (Å²) in [7, 11) is 0. The van der Waals surface area contributed by atoms with Crippen molar-refractivity contribution in [2.45, 2.75) is 27.3 Å². The van der Waals surface area contributed by atoms with Crippen molar-refractivity contribution in [2.75, 3.05) is 19.6 Å². The quantitative estimate of drug-likeness (QED) is 0.825. The van der Waals surface area contributed by atoms with Crippen molar-refractivity contribution in [3.63, 3.8) is 0 Å². The third-order valence-corrected chi connectivity index (χ3v) is 3.00. The van der Waals surface area contributed by atoms with Crippen molar-refractivity contribution in [1.82, 2.24) is 4.90 Å². The molecule has 1 aromatic carbocycles. The van der Waals surface area contributed by atoms with Crippen LogP contribution in [0.4, 0.5) is 4.39 Å². The molecule has 0 aromatic heterocycles. The van der Waals surface area contributed by atoms with Crippen LogP contribution in [0.3, 0.4) is 0 Å². The lowest BCUT2D eigenvalue weighted by Crippen LogP contribution is -2.38. The first-order valence-corrected chi connectivity index (χ1v) is 6.14. The number of nitrogens with two attached hydrogens (primary N) is 1. The maximum Gasteiger partial charge on any atom is 0.127 e. The van der Waals surface area contributed by atoms with Gasteiger partial charge < -0.3 is 5.73 Å². The molecule has 0 unspecified atom stereocenters. The maximum atomic E-state index is 13.5. The Bertz CT molecular complexity index is 350. The summed E-state index contributed by atoms with van der Waals surface area (Å²) in [6.45, 7) is 9.43. The van der Waals surface area contributed by atoms with Crippen LogP contribution in [0.5, 0.6) is 0 Å². The van der Waals surface area contributed by atoms with Gasteiger partial charge in [0.05, 0.1) is 0 Å². The Hall–Kier alpha value is -0.930. The van der Waals surface area contributed by atoms with E-state index in [0.29, 0.717) is 13.1 Å². The van der Waals surface area contributed by atoms with Crippen LogP contribution >= 0.6 is 0 Å². The van der Waals surface area contributed by atoms with Crippen molar-refractivity contribution in [1.29, 1.82) is 0 Å². The molecular weight excluding hydrogens is 215 g/mol. The second-order valence-corrected chi connectivity index (χ2v) is 5.26. The lowest BCUT2D eigenvalue weighted by Gasteiger charge is -2.31. The molecule has 3 heteroatoms. The van der Waals surface area contributed by atoms with Crippen molar-refractivity contribution in [3.8, 4) is 0 Å². The number of rotatable bonds is 6. The Morgan fingerprint density at radius 3 is 2.47 bits per heavy atom. The smallest absolute Gasteiger partial charge is 0.127 e. The van der Waals surface area contributed by atoms with Crippen LogP contribution in [0.2, 0.25) is 0 Å². The normalized spacial score (nSPS) is 12.1. The predicted molar refractivity (Wildman–Crippen MR) is 70.2 cm³/mol. The van der Waals surface area contributed by atoms with Crippen LogP contribution in [0.25, 0.3) is 0 Å². The van der Waals surface area contributed by atoms with E-state index >= 15 is 0 Å². The van der Waals surface area contributed by atoms with Gasteiger partial charge in [-0.25, -0.2) is 4.39 Å². The Morgan fingerprint density at radius 1 is 1.29 bits per heavy atom. The van der Waals surface area contributed by atoms with Gasteiger partial charge in [-0.1, -0.05) is 39.0 Å². The fourth-order valence-electron chi connectivity index (χ4n) is 1.82. The highest BCUT2D eigenvalue weighted by Crippen LogP contribution is 2.17. The Morgan fingerprint density at radius 2 is 1.94 bits per heavy atom. The van der Waals surface area contributed by atoms with Gasteiger partial charge >= 0.3 is 0 Å². The number of benzene rings is 1. The van der Waals surface area contributed by atoms with E-state index in [1.54, 1.807) is 6.07 Å². The van der Waals surface area contributed by atoms with Crippen LogP contribution in [-0.2, 0) is 6.54 Å². The van der Waals surface area contributed by atoms with Crippen molar-refractivity contribution < 1.29 is 4.39 Å². The van der Waals surface area contributed by atoms with Gasteiger partial charge in [0, 0.05) is 18.7 Å². The second-order valence-electron chi connectivity index (χ2n) is 5.26. The van der Waals surface area contributed by atoms with Crippen molar-refractivity contribution >= 4 is 0 Å². The monoisotopic (exact) mass is 238 g/mol. The van der Waals surface area contributed by atoms with Crippen LogP contribution in [0.15, 0.2) is 24.3 Å². The zero-order chi connectivity index (χ0) is 12.9.